The Bertz CT molecular complexity index is 544. The fourth-order valence-corrected chi connectivity index (χ4v) is 1.84. The maximum atomic E-state index is 13.4. The Labute approximate surface area is 101 Å². The molecule has 0 bridgehead atoms. The largest absolute Gasteiger partial charge is 0.249 e. The van der Waals surface area contributed by atoms with Crippen molar-refractivity contribution in [2.45, 2.75) is 0 Å². The minimum atomic E-state index is -1.15. The van der Waals surface area contributed by atoms with E-state index in [-0.39, 0.29) is 10.6 Å². The van der Waals surface area contributed by atoms with Crippen LogP contribution in [0.4, 0.5) is 8.78 Å². The zero-order chi connectivity index (χ0) is 11.7. The van der Waals surface area contributed by atoms with Crippen molar-refractivity contribution in [3.8, 4) is 11.1 Å². The Morgan fingerprint density at radius 2 is 1.75 bits per heavy atom. The number of halogens is 4. The van der Waals surface area contributed by atoms with Crippen molar-refractivity contribution in [2.75, 3.05) is 0 Å². The van der Waals surface area contributed by atoms with E-state index in [9.17, 15) is 8.78 Å². The Morgan fingerprint density at radius 3 is 2.44 bits per heavy atom. The maximum Gasteiger partial charge on any atom is 0.249 e. The second-order valence-corrected chi connectivity index (χ2v) is 3.93. The van der Waals surface area contributed by atoms with Gasteiger partial charge in [0.25, 0.3) is 0 Å². The molecule has 0 fully saturated rings. The van der Waals surface area contributed by atoms with Crippen LogP contribution in [0.15, 0.2) is 30.5 Å². The van der Waals surface area contributed by atoms with Crippen molar-refractivity contribution in [1.29, 1.82) is 0 Å². The minimum Gasteiger partial charge on any atom is -0.226 e. The van der Waals surface area contributed by atoms with Gasteiger partial charge in [0, 0.05) is 27.4 Å². The van der Waals surface area contributed by atoms with Gasteiger partial charge in [0.05, 0.1) is 0 Å². The molecular weight excluding hydrogens is 255 g/mol. The molecule has 0 aliphatic rings. The first-order valence-corrected chi connectivity index (χ1v) is 5.10. The molecule has 2 aromatic rings. The maximum absolute atomic E-state index is 13.4. The van der Waals surface area contributed by atoms with Crippen LogP contribution in [0.2, 0.25) is 10.0 Å². The molecule has 16 heavy (non-hydrogen) atoms. The molecule has 0 amide bonds. The first kappa shape index (κ1) is 11.3. The van der Waals surface area contributed by atoms with Crippen LogP contribution < -0.4 is 0 Å². The average Bonchev–Trinajstić information content (AvgIpc) is 2.23. The first-order valence-electron chi connectivity index (χ1n) is 4.35. The van der Waals surface area contributed by atoms with Gasteiger partial charge in [-0.3, -0.25) is 0 Å². The lowest BCUT2D eigenvalue weighted by molar-refractivity contribution is 0.482. The summed E-state index contributed by atoms with van der Waals surface area (Å²) in [6.45, 7) is 0. The van der Waals surface area contributed by atoms with Crippen LogP contribution in [0.1, 0.15) is 0 Å². The number of benzene rings is 1. The van der Waals surface area contributed by atoms with Gasteiger partial charge in [-0.15, -0.1) is 0 Å². The molecule has 0 unspecified atom stereocenters. The molecule has 1 aromatic heterocycles. The SMILES string of the molecule is Fc1nccc(-c2ccc(Cl)cc2Cl)c1F. The molecule has 0 saturated heterocycles. The number of aromatic nitrogens is 1. The molecular formula is C11H5Cl2F2N. The van der Waals surface area contributed by atoms with Gasteiger partial charge in [-0.2, -0.15) is 4.39 Å². The standard InChI is InChI=1S/C11H5Cl2F2N/c12-6-1-2-7(9(13)5-6)8-3-4-16-11(15)10(8)14/h1-5H. The molecule has 0 aliphatic carbocycles. The van der Waals surface area contributed by atoms with E-state index in [2.05, 4.69) is 4.98 Å². The molecule has 0 spiro atoms. The van der Waals surface area contributed by atoms with Gasteiger partial charge in [0.15, 0.2) is 5.82 Å². The molecule has 0 saturated carbocycles. The smallest absolute Gasteiger partial charge is 0.226 e. The number of hydrogen-bond donors (Lipinski definition) is 0. The topological polar surface area (TPSA) is 12.9 Å². The first-order chi connectivity index (χ1) is 7.59. The molecule has 1 nitrogen and oxygen atoms in total. The van der Waals surface area contributed by atoms with Crippen molar-refractivity contribution >= 4 is 23.2 Å². The molecule has 82 valence electrons. The Morgan fingerprint density at radius 1 is 1.00 bits per heavy atom. The van der Waals surface area contributed by atoms with E-state index < -0.39 is 11.8 Å². The van der Waals surface area contributed by atoms with E-state index in [0.717, 1.165) is 0 Å². The summed E-state index contributed by atoms with van der Waals surface area (Å²) in [7, 11) is 0. The van der Waals surface area contributed by atoms with Crippen molar-refractivity contribution in [1.82, 2.24) is 4.98 Å². The highest BCUT2D eigenvalue weighted by atomic mass is 35.5. The third-order valence-electron chi connectivity index (χ3n) is 2.07. The molecule has 5 heteroatoms. The molecule has 2 rings (SSSR count). The van der Waals surface area contributed by atoms with Crippen molar-refractivity contribution in [2.24, 2.45) is 0 Å². The number of hydrogen-bond acceptors (Lipinski definition) is 1. The molecule has 0 radical (unpaired) electrons. The molecule has 0 N–H and O–H groups in total. The molecule has 0 atom stereocenters. The average molecular weight is 260 g/mol. The Balaban J connectivity index is 2.63. The van der Waals surface area contributed by atoms with E-state index in [0.29, 0.717) is 10.6 Å². The summed E-state index contributed by atoms with van der Waals surface area (Å²) in [5.74, 6) is -2.17. The van der Waals surface area contributed by atoms with Crippen LogP contribution >= 0.6 is 23.2 Å². The lowest BCUT2D eigenvalue weighted by atomic mass is 10.1. The highest BCUT2D eigenvalue weighted by molar-refractivity contribution is 6.36. The Hall–Kier alpha value is -1.19. The Kier molecular flexibility index (Phi) is 3.08. The van der Waals surface area contributed by atoms with Gasteiger partial charge in [0.1, 0.15) is 0 Å². The summed E-state index contributed by atoms with van der Waals surface area (Å²) in [5.41, 5.74) is 0.444. The van der Waals surface area contributed by atoms with Gasteiger partial charge >= 0.3 is 0 Å². The second-order valence-electron chi connectivity index (χ2n) is 3.09. The normalized spacial score (nSPS) is 10.5. The van der Waals surface area contributed by atoms with Crippen molar-refractivity contribution < 1.29 is 8.78 Å². The second kappa shape index (κ2) is 4.36. The number of rotatable bonds is 1. The van der Waals surface area contributed by atoms with Crippen LogP contribution in [0, 0.1) is 11.8 Å². The zero-order valence-corrected chi connectivity index (χ0v) is 9.36. The summed E-state index contributed by atoms with van der Waals surface area (Å²) in [6, 6.07) is 5.91. The summed E-state index contributed by atoms with van der Waals surface area (Å²) >= 11 is 11.6. The van der Waals surface area contributed by atoms with E-state index in [1.54, 1.807) is 6.07 Å². The van der Waals surface area contributed by atoms with Gasteiger partial charge < -0.3 is 0 Å². The lowest BCUT2D eigenvalue weighted by Gasteiger charge is -2.06. The van der Waals surface area contributed by atoms with E-state index in [1.165, 1.54) is 24.4 Å². The zero-order valence-electron chi connectivity index (χ0n) is 7.85. The quantitative estimate of drug-likeness (QED) is 0.695. The van der Waals surface area contributed by atoms with Crippen LogP contribution in [0.5, 0.6) is 0 Å². The van der Waals surface area contributed by atoms with Crippen LogP contribution in [-0.4, -0.2) is 4.98 Å². The van der Waals surface area contributed by atoms with Gasteiger partial charge in [-0.05, 0) is 18.2 Å². The molecule has 0 aliphatic heterocycles. The van der Waals surface area contributed by atoms with E-state index in [1.807, 2.05) is 0 Å². The van der Waals surface area contributed by atoms with Crippen molar-refractivity contribution in [3.63, 3.8) is 0 Å². The fourth-order valence-electron chi connectivity index (χ4n) is 1.33. The highest BCUT2D eigenvalue weighted by Gasteiger charge is 2.13. The third-order valence-corrected chi connectivity index (χ3v) is 2.62. The minimum absolute atomic E-state index is 0.0640. The lowest BCUT2D eigenvalue weighted by Crippen LogP contribution is -1.93. The summed E-state index contributed by atoms with van der Waals surface area (Å²) in [4.78, 5) is 3.20. The fraction of sp³-hybridized carbons (Fsp3) is 0. The van der Waals surface area contributed by atoms with Crippen LogP contribution in [-0.2, 0) is 0 Å². The van der Waals surface area contributed by atoms with Crippen LogP contribution in [0.3, 0.4) is 0 Å². The van der Waals surface area contributed by atoms with Gasteiger partial charge in [-0.1, -0.05) is 29.3 Å². The molecule has 1 aromatic carbocycles. The molecule has 1 heterocycles. The number of nitrogens with zero attached hydrogens (tertiary/aromatic N) is 1. The number of pyridine rings is 1. The monoisotopic (exact) mass is 259 g/mol. The summed E-state index contributed by atoms with van der Waals surface area (Å²) in [5, 5.41) is 0.695. The highest BCUT2D eigenvalue weighted by Crippen LogP contribution is 2.32. The van der Waals surface area contributed by atoms with Gasteiger partial charge in [0.2, 0.25) is 5.95 Å². The predicted molar refractivity (Wildman–Crippen MR) is 59.6 cm³/mol. The third kappa shape index (κ3) is 2.01. The van der Waals surface area contributed by atoms with E-state index >= 15 is 0 Å². The van der Waals surface area contributed by atoms with Crippen LogP contribution in [0.25, 0.3) is 11.1 Å². The van der Waals surface area contributed by atoms with Gasteiger partial charge in [-0.25, -0.2) is 9.37 Å². The van der Waals surface area contributed by atoms with E-state index in [4.69, 9.17) is 23.2 Å². The predicted octanol–water partition coefficient (Wildman–Crippen LogP) is 4.33. The van der Waals surface area contributed by atoms with Crippen molar-refractivity contribution in [3.05, 3.63) is 52.3 Å². The summed E-state index contributed by atoms with van der Waals surface area (Å²) < 4.78 is 26.4. The summed E-state index contributed by atoms with van der Waals surface area (Å²) in [6.07, 6.45) is 1.18.